The van der Waals surface area contributed by atoms with E-state index in [4.69, 9.17) is 10.5 Å². The molecule has 1 saturated heterocycles. The summed E-state index contributed by atoms with van der Waals surface area (Å²) in [5.41, 5.74) is 5.61. The number of nitrogens with zero attached hydrogens (tertiary/aromatic N) is 2. The van der Waals surface area contributed by atoms with E-state index in [1.54, 1.807) is 4.90 Å². The summed E-state index contributed by atoms with van der Waals surface area (Å²) in [6, 6.07) is 0.236. The molecular weight excluding hydrogens is 218 g/mol. The van der Waals surface area contributed by atoms with Crippen molar-refractivity contribution in [2.45, 2.75) is 45.4 Å². The minimum Gasteiger partial charge on any atom is -0.444 e. The molecule has 0 aromatic heterocycles. The Bertz CT molecular complexity index is 275. The summed E-state index contributed by atoms with van der Waals surface area (Å²) < 4.78 is 5.34. The van der Waals surface area contributed by atoms with Crippen LogP contribution >= 0.6 is 0 Å². The average Bonchev–Trinajstić information content (AvgIpc) is 2.57. The van der Waals surface area contributed by atoms with E-state index in [9.17, 15) is 4.79 Å². The lowest BCUT2D eigenvalue weighted by molar-refractivity contribution is 0.0282. The average molecular weight is 243 g/mol. The van der Waals surface area contributed by atoms with Crippen LogP contribution in [-0.4, -0.2) is 60.3 Å². The summed E-state index contributed by atoms with van der Waals surface area (Å²) in [5.74, 6) is 0. The van der Waals surface area contributed by atoms with Crippen molar-refractivity contribution in [2.24, 2.45) is 5.73 Å². The van der Waals surface area contributed by atoms with E-state index >= 15 is 0 Å². The van der Waals surface area contributed by atoms with Gasteiger partial charge in [0.1, 0.15) is 5.60 Å². The summed E-state index contributed by atoms with van der Waals surface area (Å²) >= 11 is 0. The molecule has 1 aliphatic heterocycles. The number of hydrogen-bond acceptors (Lipinski definition) is 4. The van der Waals surface area contributed by atoms with Gasteiger partial charge in [-0.3, -0.25) is 0 Å². The highest BCUT2D eigenvalue weighted by Crippen LogP contribution is 2.17. The van der Waals surface area contributed by atoms with Crippen molar-refractivity contribution < 1.29 is 9.53 Å². The van der Waals surface area contributed by atoms with Gasteiger partial charge in [0.05, 0.1) is 0 Å². The number of likely N-dealkylation sites (tertiary alicyclic amines) is 1. The van der Waals surface area contributed by atoms with E-state index in [-0.39, 0.29) is 18.2 Å². The number of rotatable bonds is 2. The van der Waals surface area contributed by atoms with Crippen molar-refractivity contribution in [1.82, 2.24) is 9.80 Å². The molecule has 1 fully saturated rings. The monoisotopic (exact) mass is 243 g/mol. The maximum Gasteiger partial charge on any atom is 0.410 e. The lowest BCUT2D eigenvalue weighted by Gasteiger charge is -2.26. The molecule has 1 heterocycles. The Labute approximate surface area is 104 Å². The van der Waals surface area contributed by atoms with Gasteiger partial charge in [-0.25, -0.2) is 4.79 Å². The number of amides is 1. The number of likely N-dealkylation sites (N-methyl/N-ethyl adjacent to an activating group) is 1. The second-order valence-electron chi connectivity index (χ2n) is 5.69. The van der Waals surface area contributed by atoms with E-state index in [1.165, 1.54) is 0 Å². The van der Waals surface area contributed by atoms with Crippen molar-refractivity contribution in [1.29, 1.82) is 0 Å². The SMILES string of the molecule is CCN(C)[C@@H]1CN(C(=O)OC(C)(C)C)C[C@H]1N. The van der Waals surface area contributed by atoms with E-state index < -0.39 is 5.60 Å². The highest BCUT2D eigenvalue weighted by Gasteiger charge is 2.36. The van der Waals surface area contributed by atoms with Gasteiger partial charge in [-0.05, 0) is 34.4 Å². The van der Waals surface area contributed by atoms with Crippen LogP contribution < -0.4 is 5.73 Å². The first-order valence-corrected chi connectivity index (χ1v) is 6.18. The first-order chi connectivity index (χ1) is 7.74. The van der Waals surface area contributed by atoms with E-state index in [0.717, 1.165) is 6.54 Å². The van der Waals surface area contributed by atoms with Crippen LogP contribution in [-0.2, 0) is 4.74 Å². The minimum atomic E-state index is -0.448. The van der Waals surface area contributed by atoms with E-state index in [0.29, 0.717) is 13.1 Å². The number of ether oxygens (including phenoxy) is 1. The lowest BCUT2D eigenvalue weighted by atomic mass is 10.1. The third-order valence-corrected chi connectivity index (χ3v) is 3.05. The van der Waals surface area contributed by atoms with Crippen molar-refractivity contribution in [2.75, 3.05) is 26.7 Å². The molecule has 0 bridgehead atoms. The van der Waals surface area contributed by atoms with Gasteiger partial charge in [-0.15, -0.1) is 0 Å². The molecule has 5 nitrogen and oxygen atoms in total. The van der Waals surface area contributed by atoms with Crippen LogP contribution in [0.1, 0.15) is 27.7 Å². The standard InChI is InChI=1S/C12H25N3O2/c1-6-14(5)10-8-15(7-9(10)13)11(16)17-12(2,3)4/h9-10H,6-8,13H2,1-5H3/t9-,10-/m1/s1. The summed E-state index contributed by atoms with van der Waals surface area (Å²) in [6.45, 7) is 9.86. The topological polar surface area (TPSA) is 58.8 Å². The predicted molar refractivity (Wildman–Crippen MR) is 67.9 cm³/mol. The highest BCUT2D eigenvalue weighted by molar-refractivity contribution is 5.68. The fourth-order valence-electron chi connectivity index (χ4n) is 1.99. The molecular formula is C12H25N3O2. The molecule has 0 spiro atoms. The van der Waals surface area contributed by atoms with Crippen molar-refractivity contribution in [3.8, 4) is 0 Å². The summed E-state index contributed by atoms with van der Waals surface area (Å²) in [6.07, 6.45) is -0.264. The van der Waals surface area contributed by atoms with Crippen LogP contribution in [0, 0.1) is 0 Å². The zero-order valence-corrected chi connectivity index (χ0v) is 11.6. The van der Waals surface area contributed by atoms with Gasteiger partial charge < -0.3 is 20.3 Å². The quantitative estimate of drug-likeness (QED) is 0.782. The number of carbonyl (C=O) groups excluding carboxylic acids is 1. The predicted octanol–water partition coefficient (Wildman–Crippen LogP) is 0.885. The molecule has 2 N–H and O–H groups in total. The molecule has 1 rings (SSSR count). The van der Waals surface area contributed by atoms with Crippen LogP contribution in [0.3, 0.4) is 0 Å². The maximum atomic E-state index is 11.9. The second-order valence-corrected chi connectivity index (χ2v) is 5.69. The smallest absolute Gasteiger partial charge is 0.410 e. The maximum absolute atomic E-state index is 11.9. The van der Waals surface area contributed by atoms with Gasteiger partial charge in [0, 0.05) is 25.2 Å². The molecule has 0 saturated carbocycles. The van der Waals surface area contributed by atoms with Crippen molar-refractivity contribution in [3.05, 3.63) is 0 Å². The summed E-state index contributed by atoms with van der Waals surface area (Å²) in [7, 11) is 2.03. The fraction of sp³-hybridized carbons (Fsp3) is 0.917. The van der Waals surface area contributed by atoms with Gasteiger partial charge in [0.2, 0.25) is 0 Å². The zero-order valence-electron chi connectivity index (χ0n) is 11.6. The third-order valence-electron chi connectivity index (χ3n) is 3.05. The highest BCUT2D eigenvalue weighted by atomic mass is 16.6. The largest absolute Gasteiger partial charge is 0.444 e. The van der Waals surface area contributed by atoms with E-state index in [1.807, 2.05) is 27.8 Å². The molecule has 0 unspecified atom stereocenters. The Morgan fingerprint density at radius 1 is 1.47 bits per heavy atom. The van der Waals surface area contributed by atoms with Gasteiger partial charge >= 0.3 is 6.09 Å². The van der Waals surface area contributed by atoms with Crippen LogP contribution in [0.15, 0.2) is 0 Å². The Morgan fingerprint density at radius 2 is 2.06 bits per heavy atom. The summed E-state index contributed by atoms with van der Waals surface area (Å²) in [5, 5.41) is 0. The normalized spacial score (nSPS) is 25.5. The van der Waals surface area contributed by atoms with Crippen molar-refractivity contribution >= 4 is 6.09 Å². The van der Waals surface area contributed by atoms with Gasteiger partial charge in [0.15, 0.2) is 0 Å². The van der Waals surface area contributed by atoms with Crippen molar-refractivity contribution in [3.63, 3.8) is 0 Å². The van der Waals surface area contributed by atoms with Crippen LogP contribution in [0.5, 0.6) is 0 Å². The molecule has 17 heavy (non-hydrogen) atoms. The minimum absolute atomic E-state index is 0.00692. The zero-order chi connectivity index (χ0) is 13.2. The Kier molecular flexibility index (Phi) is 4.38. The molecule has 1 aliphatic rings. The third kappa shape index (κ3) is 3.85. The van der Waals surface area contributed by atoms with Crippen LogP contribution in [0.25, 0.3) is 0 Å². The molecule has 100 valence electrons. The molecule has 1 amide bonds. The second kappa shape index (κ2) is 5.23. The Hall–Kier alpha value is -0.810. The fourth-order valence-corrected chi connectivity index (χ4v) is 1.99. The first-order valence-electron chi connectivity index (χ1n) is 6.18. The molecule has 0 radical (unpaired) electrons. The van der Waals surface area contributed by atoms with Gasteiger partial charge in [-0.1, -0.05) is 6.92 Å². The molecule has 2 atom stereocenters. The molecule has 5 heteroatoms. The van der Waals surface area contributed by atoms with E-state index in [2.05, 4.69) is 11.8 Å². The van der Waals surface area contributed by atoms with Crippen LogP contribution in [0.2, 0.25) is 0 Å². The number of hydrogen-bond donors (Lipinski definition) is 1. The summed E-state index contributed by atoms with van der Waals surface area (Å²) in [4.78, 5) is 15.8. The Morgan fingerprint density at radius 3 is 2.53 bits per heavy atom. The van der Waals surface area contributed by atoms with Gasteiger partial charge in [0.25, 0.3) is 0 Å². The lowest BCUT2D eigenvalue weighted by Crippen LogP contribution is -2.44. The molecule has 0 aromatic carbocycles. The molecule has 0 aromatic rings. The van der Waals surface area contributed by atoms with Crippen LogP contribution in [0.4, 0.5) is 4.79 Å². The molecule has 0 aliphatic carbocycles. The number of carbonyl (C=O) groups is 1. The first kappa shape index (κ1) is 14.3. The number of nitrogens with two attached hydrogens (primary N) is 1. The Balaban J connectivity index is 2.57. The van der Waals surface area contributed by atoms with Gasteiger partial charge in [-0.2, -0.15) is 0 Å².